The Kier molecular flexibility index (Phi) is 8.01. The van der Waals surface area contributed by atoms with Gasteiger partial charge in [-0.2, -0.15) is 4.21 Å². The Labute approximate surface area is 131 Å². The minimum atomic E-state index is -2.68. The number of hydrogen-bond donors (Lipinski definition) is 2. The molecule has 23 heavy (non-hydrogen) atoms. The highest BCUT2D eigenvalue weighted by Gasteiger charge is 2.42. The monoisotopic (exact) mass is 358 g/mol. The molecule has 132 valence electrons. The largest absolute Gasteiger partial charge is 0.479 e. The Morgan fingerprint density at radius 2 is 1.39 bits per heavy atom. The molecule has 13 heteroatoms. The number of hydrogen-bond acceptors (Lipinski definition) is 11. The summed E-state index contributed by atoms with van der Waals surface area (Å²) in [5.41, 5.74) is -2.68. The van der Waals surface area contributed by atoms with Gasteiger partial charge in [0.25, 0.3) is 0 Å². The number of rotatable bonds is 1. The van der Waals surface area contributed by atoms with Crippen molar-refractivity contribution in [3.63, 3.8) is 0 Å². The molecule has 0 unspecified atom stereocenters. The van der Waals surface area contributed by atoms with Crippen LogP contribution < -0.4 is 0 Å². The SMILES string of the molecule is O=C1CC(O)(C(=O)O)CC(=O)OCCOOS(=O)OOCCO1. The molecule has 0 radical (unpaired) electrons. The zero-order valence-electron chi connectivity index (χ0n) is 11.6. The van der Waals surface area contributed by atoms with Crippen molar-refractivity contribution in [1.82, 2.24) is 0 Å². The van der Waals surface area contributed by atoms with E-state index in [0.29, 0.717) is 0 Å². The van der Waals surface area contributed by atoms with E-state index in [1.54, 1.807) is 0 Å². The molecule has 0 amide bonds. The molecule has 2 N–H and O–H groups in total. The molecule has 1 saturated heterocycles. The summed E-state index contributed by atoms with van der Waals surface area (Å²) >= 11 is -2.40. The topological polar surface area (TPSA) is 164 Å². The van der Waals surface area contributed by atoms with Crippen LogP contribution in [0.4, 0.5) is 0 Å². The predicted octanol–water partition coefficient (Wildman–Crippen LogP) is -1.84. The molecule has 1 aliphatic heterocycles. The quantitative estimate of drug-likeness (QED) is 0.398. The van der Waals surface area contributed by atoms with Gasteiger partial charge in [-0.05, 0) is 0 Å². The number of carbonyl (C=O) groups is 3. The average Bonchev–Trinajstić information content (AvgIpc) is 2.45. The van der Waals surface area contributed by atoms with Crippen LogP contribution in [-0.2, 0) is 53.7 Å². The number of cyclic esters (lactones) is 2. The smallest absolute Gasteiger partial charge is 0.362 e. The molecular formula is C10H14O12S. The summed E-state index contributed by atoms with van der Waals surface area (Å²) < 4.78 is 28.4. The van der Waals surface area contributed by atoms with Crippen molar-refractivity contribution in [1.29, 1.82) is 0 Å². The number of esters is 2. The Morgan fingerprint density at radius 3 is 1.78 bits per heavy atom. The molecule has 1 aliphatic rings. The third-order valence-electron chi connectivity index (χ3n) is 2.34. The van der Waals surface area contributed by atoms with Crippen LogP contribution in [0, 0.1) is 0 Å². The van der Waals surface area contributed by atoms with E-state index in [0.717, 1.165) is 0 Å². The predicted molar refractivity (Wildman–Crippen MR) is 66.0 cm³/mol. The van der Waals surface area contributed by atoms with Crippen molar-refractivity contribution in [2.75, 3.05) is 26.4 Å². The number of carboxylic acid groups (broad SMARTS) is 1. The maximum absolute atomic E-state index is 11.5. The van der Waals surface area contributed by atoms with Gasteiger partial charge < -0.3 is 19.7 Å². The van der Waals surface area contributed by atoms with E-state index in [2.05, 4.69) is 27.9 Å². The third-order valence-corrected chi connectivity index (χ3v) is 2.75. The first-order valence-corrected chi connectivity index (χ1v) is 7.12. The lowest BCUT2D eigenvalue weighted by molar-refractivity contribution is -0.256. The first-order valence-electron chi connectivity index (χ1n) is 6.12. The van der Waals surface area contributed by atoms with Crippen LogP contribution in [0.3, 0.4) is 0 Å². The van der Waals surface area contributed by atoms with Gasteiger partial charge >= 0.3 is 29.3 Å². The number of aliphatic carboxylic acids is 1. The highest BCUT2D eigenvalue weighted by molar-refractivity contribution is 7.74. The van der Waals surface area contributed by atoms with Crippen LogP contribution in [0.1, 0.15) is 12.8 Å². The molecular weight excluding hydrogens is 344 g/mol. The summed E-state index contributed by atoms with van der Waals surface area (Å²) in [6.07, 6.45) is -1.96. The lowest BCUT2D eigenvalue weighted by atomic mass is 9.96. The number of aliphatic hydroxyl groups is 1. The molecule has 0 aromatic carbocycles. The van der Waals surface area contributed by atoms with Crippen LogP contribution in [-0.4, -0.2) is 64.4 Å². The summed E-state index contributed by atoms with van der Waals surface area (Å²) in [7, 11) is 0. The Bertz CT molecular complexity index is 433. The van der Waals surface area contributed by atoms with Gasteiger partial charge in [-0.25, -0.2) is 14.6 Å². The van der Waals surface area contributed by atoms with E-state index in [1.807, 2.05) is 0 Å². The van der Waals surface area contributed by atoms with Crippen LogP contribution >= 0.6 is 0 Å². The van der Waals surface area contributed by atoms with Crippen molar-refractivity contribution in [3.8, 4) is 0 Å². The van der Waals surface area contributed by atoms with Gasteiger partial charge in [-0.3, -0.25) is 9.59 Å². The zero-order valence-corrected chi connectivity index (χ0v) is 12.4. The zero-order chi connectivity index (χ0) is 17.3. The maximum atomic E-state index is 11.5. The number of ether oxygens (including phenoxy) is 2. The maximum Gasteiger partial charge on any atom is 0.362 e. The van der Waals surface area contributed by atoms with E-state index in [4.69, 9.17) is 5.11 Å². The van der Waals surface area contributed by atoms with Crippen molar-refractivity contribution < 1.29 is 56.7 Å². The van der Waals surface area contributed by atoms with E-state index < -0.39 is 60.9 Å². The summed E-state index contributed by atoms with van der Waals surface area (Å²) in [6.45, 7) is -1.49. The number of carbonyl (C=O) groups excluding carboxylic acids is 2. The molecule has 1 rings (SSSR count). The van der Waals surface area contributed by atoms with Gasteiger partial charge in [-0.15, -0.1) is 8.67 Å². The Morgan fingerprint density at radius 1 is 0.957 bits per heavy atom. The van der Waals surface area contributed by atoms with Crippen LogP contribution in [0.25, 0.3) is 0 Å². The van der Waals surface area contributed by atoms with Gasteiger partial charge in [0.05, 0.1) is 12.8 Å². The van der Waals surface area contributed by atoms with Crippen molar-refractivity contribution in [2.24, 2.45) is 0 Å². The second-order valence-electron chi connectivity index (χ2n) is 4.12. The second-order valence-corrected chi connectivity index (χ2v) is 4.80. The Balaban J connectivity index is 2.68. The summed E-state index contributed by atoms with van der Waals surface area (Å²) in [5, 5.41) is 18.8. The first kappa shape index (κ1) is 19.4. The van der Waals surface area contributed by atoms with Crippen molar-refractivity contribution in [3.05, 3.63) is 0 Å². The van der Waals surface area contributed by atoms with E-state index >= 15 is 0 Å². The molecule has 0 aromatic heterocycles. The summed E-state index contributed by atoms with van der Waals surface area (Å²) in [6, 6.07) is 0. The minimum absolute atomic E-state index is 0.353. The third kappa shape index (κ3) is 7.45. The molecule has 0 atom stereocenters. The fourth-order valence-electron chi connectivity index (χ4n) is 1.33. The first-order chi connectivity index (χ1) is 10.8. The normalized spacial score (nSPS) is 29.3. The molecule has 0 spiro atoms. The second kappa shape index (κ2) is 9.49. The van der Waals surface area contributed by atoms with Gasteiger partial charge in [0.15, 0.2) is 5.60 Å². The fourth-order valence-corrected chi connectivity index (χ4v) is 1.65. The number of carboxylic acids is 1. The molecule has 1 heterocycles. The lowest BCUT2D eigenvalue weighted by Gasteiger charge is -2.21. The lowest BCUT2D eigenvalue weighted by Crippen LogP contribution is -2.43. The molecule has 12 nitrogen and oxygen atoms in total. The minimum Gasteiger partial charge on any atom is -0.479 e. The van der Waals surface area contributed by atoms with Gasteiger partial charge in [0, 0.05) is 0 Å². The van der Waals surface area contributed by atoms with Gasteiger partial charge in [0.2, 0.25) is 0 Å². The van der Waals surface area contributed by atoms with Crippen molar-refractivity contribution >= 4 is 29.3 Å². The average molecular weight is 358 g/mol. The fraction of sp³-hybridized carbons (Fsp3) is 0.700. The Hall–Kier alpha value is -1.64. The van der Waals surface area contributed by atoms with Gasteiger partial charge in [0.1, 0.15) is 26.4 Å². The molecule has 1 fully saturated rings. The van der Waals surface area contributed by atoms with Crippen molar-refractivity contribution in [2.45, 2.75) is 18.4 Å². The highest BCUT2D eigenvalue weighted by Crippen LogP contribution is 2.18. The molecule has 0 aromatic rings. The van der Waals surface area contributed by atoms with Gasteiger partial charge in [-0.1, -0.05) is 0 Å². The molecule has 0 bridgehead atoms. The molecule has 0 saturated carbocycles. The van der Waals surface area contributed by atoms with Crippen LogP contribution in [0.2, 0.25) is 0 Å². The van der Waals surface area contributed by atoms with Crippen LogP contribution in [0.5, 0.6) is 0 Å². The summed E-state index contributed by atoms with van der Waals surface area (Å²) in [4.78, 5) is 42.7. The highest BCUT2D eigenvalue weighted by atomic mass is 32.2. The van der Waals surface area contributed by atoms with E-state index in [-0.39, 0.29) is 13.2 Å². The standard InChI is InChI=1S/C10H14O12S/c11-7-5-10(15,9(13)14)6-8(12)18-2-4-20-22-23(16)21-19-3-1-17-7/h15H,1-6H2,(H,13,14). The van der Waals surface area contributed by atoms with Crippen LogP contribution in [0.15, 0.2) is 0 Å². The molecule has 0 aliphatic carbocycles. The summed E-state index contributed by atoms with van der Waals surface area (Å²) in [5.74, 6) is -3.99. The van der Waals surface area contributed by atoms with E-state index in [1.165, 1.54) is 0 Å². The van der Waals surface area contributed by atoms with E-state index in [9.17, 15) is 23.7 Å².